The number of nitriles is 1. The summed E-state index contributed by atoms with van der Waals surface area (Å²) in [6.07, 6.45) is 5.89. The monoisotopic (exact) mass is 358 g/mol. The van der Waals surface area contributed by atoms with Gasteiger partial charge in [0.15, 0.2) is 0 Å². The Hall–Kier alpha value is -3.79. The van der Waals surface area contributed by atoms with Gasteiger partial charge in [-0.3, -0.25) is 9.78 Å². The second-order valence-corrected chi connectivity index (χ2v) is 5.88. The van der Waals surface area contributed by atoms with E-state index in [0.29, 0.717) is 23.7 Å². The third kappa shape index (κ3) is 4.64. The van der Waals surface area contributed by atoms with Crippen LogP contribution >= 0.6 is 0 Å². The largest absolute Gasteiger partial charge is 0.344 e. The smallest absolute Gasteiger partial charge is 0.274 e. The maximum atomic E-state index is 12.5. The summed E-state index contributed by atoms with van der Waals surface area (Å²) in [7, 11) is 1.88. The van der Waals surface area contributed by atoms with Gasteiger partial charge in [-0.05, 0) is 42.3 Å². The minimum absolute atomic E-state index is 0.239. The molecular formula is C20H18N6O. The zero-order valence-corrected chi connectivity index (χ0v) is 14.8. The number of carbonyl (C=O) groups excluding carboxylic acids is 1. The Balaban J connectivity index is 1.69. The number of pyridine rings is 1. The summed E-state index contributed by atoms with van der Waals surface area (Å²) in [5.41, 5.74) is 2.26. The lowest BCUT2D eigenvalue weighted by atomic mass is 10.2. The van der Waals surface area contributed by atoms with Crippen LogP contribution in [0.2, 0.25) is 0 Å². The Labute approximate surface area is 157 Å². The van der Waals surface area contributed by atoms with Crippen molar-refractivity contribution >= 4 is 17.5 Å². The van der Waals surface area contributed by atoms with Crippen LogP contribution in [0.15, 0.2) is 61.1 Å². The fourth-order valence-corrected chi connectivity index (χ4v) is 2.48. The van der Waals surface area contributed by atoms with Crippen molar-refractivity contribution in [3.8, 4) is 6.07 Å². The summed E-state index contributed by atoms with van der Waals surface area (Å²) in [5.74, 6) is 0.0779. The normalized spacial score (nSPS) is 10.1. The Morgan fingerprint density at radius 1 is 1.15 bits per heavy atom. The van der Waals surface area contributed by atoms with Gasteiger partial charge in [0.1, 0.15) is 11.8 Å². The maximum absolute atomic E-state index is 12.5. The maximum Gasteiger partial charge on any atom is 0.274 e. The summed E-state index contributed by atoms with van der Waals surface area (Å²) in [6, 6.07) is 14.4. The van der Waals surface area contributed by atoms with Crippen LogP contribution in [0.1, 0.15) is 21.6 Å². The van der Waals surface area contributed by atoms with E-state index in [4.69, 9.17) is 5.26 Å². The minimum atomic E-state index is -0.385. The van der Waals surface area contributed by atoms with Crippen molar-refractivity contribution in [3.63, 3.8) is 0 Å². The SMILES string of the molecule is CN(CCc1ccncc1)c1nccc(C(=O)Nc2ccccc2C#N)n1. The van der Waals surface area contributed by atoms with E-state index >= 15 is 0 Å². The standard InChI is InChI=1S/C20H18N6O/c1-26(13-9-15-6-10-22-11-7-15)20-23-12-8-18(25-20)19(27)24-17-5-3-2-4-16(17)14-21/h2-8,10-12H,9,13H2,1H3,(H,24,27). The number of hydrogen-bond donors (Lipinski definition) is 1. The fraction of sp³-hybridized carbons (Fsp3) is 0.150. The molecule has 2 heterocycles. The van der Waals surface area contributed by atoms with Gasteiger partial charge in [0, 0.05) is 32.2 Å². The molecule has 0 aliphatic carbocycles. The molecule has 0 saturated carbocycles. The quantitative estimate of drug-likeness (QED) is 0.728. The van der Waals surface area contributed by atoms with Crippen molar-refractivity contribution in [1.29, 1.82) is 5.26 Å². The molecule has 0 unspecified atom stereocenters. The second kappa shape index (κ2) is 8.54. The number of rotatable bonds is 6. The molecule has 0 radical (unpaired) electrons. The first-order valence-electron chi connectivity index (χ1n) is 8.41. The average Bonchev–Trinajstić information content (AvgIpc) is 2.73. The van der Waals surface area contributed by atoms with E-state index in [0.717, 1.165) is 6.42 Å². The van der Waals surface area contributed by atoms with Gasteiger partial charge in [0.25, 0.3) is 5.91 Å². The highest BCUT2D eigenvalue weighted by Gasteiger charge is 2.13. The van der Waals surface area contributed by atoms with Gasteiger partial charge in [0.2, 0.25) is 5.95 Å². The molecular weight excluding hydrogens is 340 g/mol. The highest BCUT2D eigenvalue weighted by Crippen LogP contribution is 2.15. The third-order valence-electron chi connectivity index (χ3n) is 4.00. The molecule has 3 aromatic rings. The number of benzene rings is 1. The first kappa shape index (κ1) is 18.0. The van der Waals surface area contributed by atoms with Crippen molar-refractivity contribution in [3.05, 3.63) is 77.9 Å². The Morgan fingerprint density at radius 3 is 2.70 bits per heavy atom. The van der Waals surface area contributed by atoms with Gasteiger partial charge in [-0.15, -0.1) is 0 Å². The van der Waals surface area contributed by atoms with Crippen LogP contribution in [0.25, 0.3) is 0 Å². The Kier molecular flexibility index (Phi) is 5.70. The van der Waals surface area contributed by atoms with Crippen LogP contribution < -0.4 is 10.2 Å². The molecule has 0 bridgehead atoms. The van der Waals surface area contributed by atoms with Gasteiger partial charge in [-0.2, -0.15) is 5.26 Å². The zero-order valence-electron chi connectivity index (χ0n) is 14.8. The van der Waals surface area contributed by atoms with Crippen molar-refractivity contribution < 1.29 is 4.79 Å². The third-order valence-corrected chi connectivity index (χ3v) is 4.00. The zero-order chi connectivity index (χ0) is 19.1. The van der Waals surface area contributed by atoms with Gasteiger partial charge < -0.3 is 10.2 Å². The summed E-state index contributed by atoms with van der Waals surface area (Å²) in [6.45, 7) is 0.701. The Morgan fingerprint density at radius 2 is 1.93 bits per heavy atom. The van der Waals surface area contributed by atoms with Gasteiger partial charge in [0.05, 0.1) is 11.3 Å². The highest BCUT2D eigenvalue weighted by atomic mass is 16.1. The van der Waals surface area contributed by atoms with E-state index < -0.39 is 0 Å². The summed E-state index contributed by atoms with van der Waals surface area (Å²) < 4.78 is 0. The molecule has 0 aliphatic heterocycles. The number of amides is 1. The number of nitrogens with zero attached hydrogens (tertiary/aromatic N) is 5. The number of para-hydroxylation sites is 1. The summed E-state index contributed by atoms with van der Waals surface area (Å²) in [4.78, 5) is 27.0. The fourth-order valence-electron chi connectivity index (χ4n) is 2.48. The van der Waals surface area contributed by atoms with Gasteiger partial charge in [-0.25, -0.2) is 9.97 Å². The van der Waals surface area contributed by atoms with Crippen molar-refractivity contribution in [2.45, 2.75) is 6.42 Å². The molecule has 7 heteroatoms. The number of likely N-dealkylation sites (N-methyl/N-ethyl adjacent to an activating group) is 1. The van der Waals surface area contributed by atoms with Crippen molar-refractivity contribution in [2.24, 2.45) is 0 Å². The molecule has 7 nitrogen and oxygen atoms in total. The molecule has 1 amide bonds. The van der Waals surface area contributed by atoms with E-state index in [2.05, 4.69) is 26.3 Å². The van der Waals surface area contributed by atoms with E-state index in [1.807, 2.05) is 24.1 Å². The second-order valence-electron chi connectivity index (χ2n) is 5.88. The minimum Gasteiger partial charge on any atom is -0.344 e. The number of hydrogen-bond acceptors (Lipinski definition) is 6. The highest BCUT2D eigenvalue weighted by molar-refractivity contribution is 6.03. The lowest BCUT2D eigenvalue weighted by Crippen LogP contribution is -2.24. The molecule has 1 N–H and O–H groups in total. The molecule has 2 aromatic heterocycles. The average molecular weight is 358 g/mol. The molecule has 0 atom stereocenters. The van der Waals surface area contributed by atoms with E-state index in [1.54, 1.807) is 48.9 Å². The molecule has 0 saturated heterocycles. The van der Waals surface area contributed by atoms with E-state index in [-0.39, 0.29) is 11.6 Å². The van der Waals surface area contributed by atoms with E-state index in [9.17, 15) is 4.79 Å². The number of nitrogens with one attached hydrogen (secondary N) is 1. The van der Waals surface area contributed by atoms with Gasteiger partial charge in [-0.1, -0.05) is 12.1 Å². The molecule has 0 fully saturated rings. The first-order valence-corrected chi connectivity index (χ1v) is 8.41. The molecule has 134 valence electrons. The predicted molar refractivity (Wildman–Crippen MR) is 102 cm³/mol. The lowest BCUT2D eigenvalue weighted by molar-refractivity contribution is 0.102. The van der Waals surface area contributed by atoms with Crippen molar-refractivity contribution in [2.75, 3.05) is 23.8 Å². The van der Waals surface area contributed by atoms with E-state index in [1.165, 1.54) is 5.56 Å². The number of anilines is 2. The number of aromatic nitrogens is 3. The first-order chi connectivity index (χ1) is 13.2. The molecule has 0 spiro atoms. The summed E-state index contributed by atoms with van der Waals surface area (Å²) in [5, 5.41) is 11.9. The lowest BCUT2D eigenvalue weighted by Gasteiger charge is -2.17. The van der Waals surface area contributed by atoms with Crippen LogP contribution in [0.3, 0.4) is 0 Å². The molecule has 3 rings (SSSR count). The number of carbonyl (C=O) groups is 1. The van der Waals surface area contributed by atoms with Crippen LogP contribution in [0.5, 0.6) is 0 Å². The molecule has 27 heavy (non-hydrogen) atoms. The van der Waals surface area contributed by atoms with Crippen LogP contribution in [0, 0.1) is 11.3 Å². The Bertz CT molecular complexity index is 967. The van der Waals surface area contributed by atoms with Crippen LogP contribution in [0.4, 0.5) is 11.6 Å². The molecule has 0 aliphatic rings. The predicted octanol–water partition coefficient (Wildman–Crippen LogP) is 2.67. The topological polar surface area (TPSA) is 94.8 Å². The molecule has 1 aromatic carbocycles. The van der Waals surface area contributed by atoms with Crippen LogP contribution in [-0.4, -0.2) is 34.5 Å². The summed E-state index contributed by atoms with van der Waals surface area (Å²) >= 11 is 0. The van der Waals surface area contributed by atoms with Crippen LogP contribution in [-0.2, 0) is 6.42 Å². The van der Waals surface area contributed by atoms with Gasteiger partial charge >= 0.3 is 0 Å². The van der Waals surface area contributed by atoms with Crippen molar-refractivity contribution in [1.82, 2.24) is 15.0 Å².